The number of aryl methyl sites for hydroxylation is 1. The van der Waals surface area contributed by atoms with Crippen LogP contribution in [0.2, 0.25) is 0 Å². The van der Waals surface area contributed by atoms with Crippen molar-refractivity contribution in [1.82, 2.24) is 4.57 Å². The SMILES string of the molecule is CCn1c2ccccc2c2cc(NC(=O)C[C@@](C)(O)CCO)ccc21. The Morgan fingerprint density at radius 3 is 2.60 bits per heavy atom. The minimum absolute atomic E-state index is 0.0533. The Bertz CT molecular complexity index is 912. The van der Waals surface area contributed by atoms with E-state index in [1.165, 1.54) is 5.52 Å². The van der Waals surface area contributed by atoms with Crippen molar-refractivity contribution in [3.05, 3.63) is 42.5 Å². The van der Waals surface area contributed by atoms with Crippen LogP contribution in [0.3, 0.4) is 0 Å². The zero-order valence-corrected chi connectivity index (χ0v) is 14.6. The quantitative estimate of drug-likeness (QED) is 0.645. The van der Waals surface area contributed by atoms with Crippen LogP contribution in [0.1, 0.15) is 26.7 Å². The number of nitrogens with one attached hydrogen (secondary N) is 1. The smallest absolute Gasteiger partial charge is 0.227 e. The van der Waals surface area contributed by atoms with E-state index in [0.717, 1.165) is 22.8 Å². The van der Waals surface area contributed by atoms with Crippen molar-refractivity contribution in [2.75, 3.05) is 11.9 Å². The van der Waals surface area contributed by atoms with Crippen molar-refractivity contribution in [2.45, 2.75) is 38.8 Å². The molecule has 0 unspecified atom stereocenters. The van der Waals surface area contributed by atoms with E-state index in [1.54, 1.807) is 6.92 Å². The van der Waals surface area contributed by atoms with Crippen molar-refractivity contribution in [2.24, 2.45) is 0 Å². The third-order valence-corrected chi connectivity index (χ3v) is 4.56. The van der Waals surface area contributed by atoms with Gasteiger partial charge in [0.25, 0.3) is 0 Å². The summed E-state index contributed by atoms with van der Waals surface area (Å²) in [5.41, 5.74) is 1.81. The fraction of sp³-hybridized carbons (Fsp3) is 0.350. The highest BCUT2D eigenvalue weighted by molar-refractivity contribution is 6.09. The van der Waals surface area contributed by atoms with Crippen LogP contribution >= 0.6 is 0 Å². The van der Waals surface area contributed by atoms with Gasteiger partial charge in [0.15, 0.2) is 0 Å². The predicted octanol–water partition coefficient (Wildman–Crippen LogP) is 3.28. The van der Waals surface area contributed by atoms with Gasteiger partial charge >= 0.3 is 0 Å². The van der Waals surface area contributed by atoms with Crippen LogP contribution < -0.4 is 5.32 Å². The molecule has 0 fully saturated rings. The Kier molecular flexibility index (Phi) is 4.79. The number of carbonyl (C=O) groups excluding carboxylic acids is 1. The lowest BCUT2D eigenvalue weighted by molar-refractivity contribution is -0.120. The van der Waals surface area contributed by atoms with E-state index in [0.29, 0.717) is 5.69 Å². The van der Waals surface area contributed by atoms with Gasteiger partial charge in [-0.2, -0.15) is 0 Å². The highest BCUT2D eigenvalue weighted by atomic mass is 16.3. The van der Waals surface area contributed by atoms with Crippen LogP contribution in [0.15, 0.2) is 42.5 Å². The maximum atomic E-state index is 12.2. The van der Waals surface area contributed by atoms with Gasteiger partial charge in [-0.15, -0.1) is 0 Å². The van der Waals surface area contributed by atoms with E-state index in [4.69, 9.17) is 5.11 Å². The Balaban J connectivity index is 1.91. The Labute approximate surface area is 146 Å². The molecule has 1 heterocycles. The van der Waals surface area contributed by atoms with Crippen molar-refractivity contribution in [1.29, 1.82) is 0 Å². The average Bonchev–Trinajstić information content (AvgIpc) is 2.87. The number of aromatic nitrogens is 1. The molecule has 1 atom stereocenters. The van der Waals surface area contributed by atoms with Gasteiger partial charge in [-0.1, -0.05) is 18.2 Å². The van der Waals surface area contributed by atoms with Gasteiger partial charge in [0.2, 0.25) is 5.91 Å². The molecule has 25 heavy (non-hydrogen) atoms. The zero-order valence-electron chi connectivity index (χ0n) is 14.6. The van der Waals surface area contributed by atoms with Crippen LogP contribution in [-0.4, -0.2) is 32.9 Å². The molecular formula is C20H24N2O3. The lowest BCUT2D eigenvalue weighted by Gasteiger charge is -2.21. The first-order valence-electron chi connectivity index (χ1n) is 8.59. The standard InChI is InChI=1S/C20H24N2O3/c1-3-22-17-7-5-4-6-15(17)16-12-14(8-9-18(16)22)21-19(24)13-20(2,25)10-11-23/h4-9,12,23,25H,3,10-11,13H2,1-2H3,(H,21,24)/t20-/m0/s1. The Morgan fingerprint density at radius 1 is 1.16 bits per heavy atom. The molecule has 0 saturated heterocycles. The van der Waals surface area contributed by atoms with E-state index < -0.39 is 5.60 Å². The summed E-state index contributed by atoms with van der Waals surface area (Å²) in [6.45, 7) is 4.40. The van der Waals surface area contributed by atoms with Gasteiger partial charge in [-0.25, -0.2) is 0 Å². The maximum Gasteiger partial charge on any atom is 0.227 e. The second-order valence-corrected chi connectivity index (χ2v) is 6.69. The second kappa shape index (κ2) is 6.86. The van der Waals surface area contributed by atoms with Gasteiger partial charge < -0.3 is 20.1 Å². The third-order valence-electron chi connectivity index (χ3n) is 4.56. The first kappa shape index (κ1) is 17.5. The monoisotopic (exact) mass is 340 g/mol. The number of anilines is 1. The minimum atomic E-state index is -1.21. The third kappa shape index (κ3) is 3.52. The summed E-state index contributed by atoms with van der Waals surface area (Å²) in [7, 11) is 0. The summed E-state index contributed by atoms with van der Waals surface area (Å²) >= 11 is 0. The van der Waals surface area contributed by atoms with Gasteiger partial charge in [0.1, 0.15) is 0 Å². The minimum Gasteiger partial charge on any atom is -0.396 e. The number of amides is 1. The van der Waals surface area contributed by atoms with Crippen LogP contribution in [0, 0.1) is 0 Å². The molecule has 3 aromatic rings. The molecule has 132 valence electrons. The van der Waals surface area contributed by atoms with Gasteiger partial charge in [-0.3, -0.25) is 4.79 Å². The average molecular weight is 340 g/mol. The summed E-state index contributed by atoms with van der Waals surface area (Å²) in [5, 5.41) is 24.1. The molecule has 2 aromatic carbocycles. The molecule has 0 aliphatic rings. The van der Waals surface area contributed by atoms with Crippen molar-refractivity contribution < 1.29 is 15.0 Å². The molecule has 5 heteroatoms. The van der Waals surface area contributed by atoms with Crippen molar-refractivity contribution in [3.8, 4) is 0 Å². The number of fused-ring (bicyclic) bond motifs is 3. The summed E-state index contributed by atoms with van der Waals surface area (Å²) in [4.78, 5) is 12.2. The molecular weight excluding hydrogens is 316 g/mol. The van der Waals surface area contributed by atoms with Crippen LogP contribution in [0.4, 0.5) is 5.69 Å². The number of rotatable bonds is 6. The topological polar surface area (TPSA) is 74.5 Å². The Hall–Kier alpha value is -2.37. The second-order valence-electron chi connectivity index (χ2n) is 6.69. The van der Waals surface area contributed by atoms with E-state index in [1.807, 2.05) is 30.3 Å². The summed E-state index contributed by atoms with van der Waals surface area (Å²) in [6, 6.07) is 14.1. The normalized spacial score (nSPS) is 13.9. The molecule has 0 aliphatic carbocycles. The summed E-state index contributed by atoms with van der Waals surface area (Å²) in [6.07, 6.45) is 0.117. The number of carbonyl (C=O) groups is 1. The van der Waals surface area contributed by atoms with Crippen molar-refractivity contribution >= 4 is 33.4 Å². The van der Waals surface area contributed by atoms with E-state index >= 15 is 0 Å². The number of nitrogens with zero attached hydrogens (tertiary/aromatic N) is 1. The van der Waals surface area contributed by atoms with Gasteiger partial charge in [0, 0.05) is 40.6 Å². The number of hydrogen-bond acceptors (Lipinski definition) is 3. The first-order valence-corrected chi connectivity index (χ1v) is 8.59. The highest BCUT2D eigenvalue weighted by Gasteiger charge is 2.23. The molecule has 0 spiro atoms. The molecule has 3 rings (SSSR count). The van der Waals surface area contributed by atoms with E-state index in [2.05, 4.69) is 28.9 Å². The number of aliphatic hydroxyl groups excluding tert-OH is 1. The lowest BCUT2D eigenvalue weighted by Crippen LogP contribution is -2.31. The van der Waals surface area contributed by atoms with Crippen LogP contribution in [-0.2, 0) is 11.3 Å². The van der Waals surface area contributed by atoms with E-state index in [9.17, 15) is 9.90 Å². The summed E-state index contributed by atoms with van der Waals surface area (Å²) < 4.78 is 2.25. The molecule has 5 nitrogen and oxygen atoms in total. The highest BCUT2D eigenvalue weighted by Crippen LogP contribution is 2.31. The molecule has 0 bridgehead atoms. The number of hydrogen-bond donors (Lipinski definition) is 3. The fourth-order valence-corrected chi connectivity index (χ4v) is 3.35. The Morgan fingerprint density at radius 2 is 1.88 bits per heavy atom. The first-order chi connectivity index (χ1) is 11.9. The maximum absolute atomic E-state index is 12.2. The molecule has 0 aliphatic heterocycles. The molecule has 0 radical (unpaired) electrons. The van der Waals surface area contributed by atoms with Crippen LogP contribution in [0.25, 0.3) is 21.8 Å². The van der Waals surface area contributed by atoms with Gasteiger partial charge in [0.05, 0.1) is 12.0 Å². The molecule has 0 saturated carbocycles. The van der Waals surface area contributed by atoms with Gasteiger partial charge in [-0.05, 0) is 44.5 Å². The van der Waals surface area contributed by atoms with Crippen LogP contribution in [0.5, 0.6) is 0 Å². The predicted molar refractivity (Wildman–Crippen MR) is 101 cm³/mol. The molecule has 1 aromatic heterocycles. The summed E-state index contributed by atoms with van der Waals surface area (Å²) in [5.74, 6) is -0.267. The fourth-order valence-electron chi connectivity index (χ4n) is 3.35. The van der Waals surface area contributed by atoms with E-state index in [-0.39, 0.29) is 25.4 Å². The number of aliphatic hydroxyl groups is 2. The molecule has 1 amide bonds. The zero-order chi connectivity index (χ0) is 18.0. The largest absolute Gasteiger partial charge is 0.396 e. The molecule has 3 N–H and O–H groups in total. The van der Waals surface area contributed by atoms with Crippen molar-refractivity contribution in [3.63, 3.8) is 0 Å². The number of benzene rings is 2. The lowest BCUT2D eigenvalue weighted by atomic mass is 9.98. The number of para-hydroxylation sites is 1.